The fourth-order valence-corrected chi connectivity index (χ4v) is 2.17. The minimum absolute atomic E-state index is 0.0128. The molecular formula is C14H20N2O2. The summed E-state index contributed by atoms with van der Waals surface area (Å²) in [6, 6.07) is 10.3. The SMILES string of the molecule is CCNC(=O)N1CCO[C@@H](Cc2ccccc2)C1. The van der Waals surface area contributed by atoms with Crippen LogP contribution in [0.5, 0.6) is 0 Å². The maximum absolute atomic E-state index is 11.8. The Morgan fingerprint density at radius 3 is 2.94 bits per heavy atom. The number of benzene rings is 1. The summed E-state index contributed by atoms with van der Waals surface area (Å²) in [5.74, 6) is 0. The molecule has 4 heteroatoms. The zero-order valence-electron chi connectivity index (χ0n) is 10.8. The molecule has 0 aromatic heterocycles. The van der Waals surface area contributed by atoms with Crippen molar-refractivity contribution in [3.8, 4) is 0 Å². The molecule has 1 heterocycles. The first-order valence-electron chi connectivity index (χ1n) is 6.48. The van der Waals surface area contributed by atoms with Gasteiger partial charge in [0, 0.05) is 26.1 Å². The summed E-state index contributed by atoms with van der Waals surface area (Å²) in [5, 5.41) is 2.83. The predicted molar refractivity (Wildman–Crippen MR) is 70.5 cm³/mol. The van der Waals surface area contributed by atoms with Gasteiger partial charge in [-0.15, -0.1) is 0 Å². The van der Waals surface area contributed by atoms with Gasteiger partial charge in [-0.05, 0) is 12.5 Å². The van der Waals surface area contributed by atoms with E-state index in [0.29, 0.717) is 26.2 Å². The maximum Gasteiger partial charge on any atom is 0.317 e. The van der Waals surface area contributed by atoms with E-state index in [2.05, 4.69) is 17.4 Å². The smallest absolute Gasteiger partial charge is 0.317 e. The molecule has 0 spiro atoms. The second-order valence-corrected chi connectivity index (χ2v) is 4.46. The first kappa shape index (κ1) is 12.9. The van der Waals surface area contributed by atoms with E-state index < -0.39 is 0 Å². The predicted octanol–water partition coefficient (Wildman–Crippen LogP) is 1.66. The molecule has 1 fully saturated rings. The second kappa shape index (κ2) is 6.40. The summed E-state index contributed by atoms with van der Waals surface area (Å²) in [4.78, 5) is 13.6. The third-order valence-corrected chi connectivity index (χ3v) is 3.06. The highest BCUT2D eigenvalue weighted by Gasteiger charge is 2.23. The van der Waals surface area contributed by atoms with Crippen molar-refractivity contribution < 1.29 is 9.53 Å². The molecule has 2 amide bonds. The fourth-order valence-electron chi connectivity index (χ4n) is 2.17. The number of carbonyl (C=O) groups is 1. The quantitative estimate of drug-likeness (QED) is 0.884. The Kier molecular flexibility index (Phi) is 4.59. The van der Waals surface area contributed by atoms with E-state index in [4.69, 9.17) is 4.74 Å². The third kappa shape index (κ3) is 3.47. The number of nitrogens with one attached hydrogen (secondary N) is 1. The molecule has 98 valence electrons. The van der Waals surface area contributed by atoms with Gasteiger partial charge in [0.15, 0.2) is 0 Å². The van der Waals surface area contributed by atoms with Crippen LogP contribution in [0.1, 0.15) is 12.5 Å². The molecule has 4 nitrogen and oxygen atoms in total. The van der Waals surface area contributed by atoms with Crippen LogP contribution in [0.2, 0.25) is 0 Å². The summed E-state index contributed by atoms with van der Waals surface area (Å²) >= 11 is 0. The minimum atomic E-state index is 0.0128. The standard InChI is InChI=1S/C14H20N2O2/c1-2-15-14(17)16-8-9-18-13(11-16)10-12-6-4-3-5-7-12/h3-7,13H,2,8-11H2,1H3,(H,15,17)/t13-/m0/s1. The number of hydrogen-bond acceptors (Lipinski definition) is 2. The minimum Gasteiger partial charge on any atom is -0.374 e. The van der Waals surface area contributed by atoms with Crippen molar-refractivity contribution in [3.63, 3.8) is 0 Å². The molecule has 0 saturated carbocycles. The molecule has 2 rings (SSSR count). The van der Waals surface area contributed by atoms with Gasteiger partial charge >= 0.3 is 6.03 Å². The zero-order chi connectivity index (χ0) is 12.8. The lowest BCUT2D eigenvalue weighted by Crippen LogP contribution is -2.50. The Bertz CT molecular complexity index is 381. The first-order chi connectivity index (χ1) is 8.79. The van der Waals surface area contributed by atoms with Crippen molar-refractivity contribution >= 4 is 6.03 Å². The van der Waals surface area contributed by atoms with Crippen LogP contribution in [0.4, 0.5) is 4.79 Å². The van der Waals surface area contributed by atoms with Crippen molar-refractivity contribution in [1.29, 1.82) is 0 Å². The molecule has 1 saturated heterocycles. The average Bonchev–Trinajstić information content (AvgIpc) is 2.40. The van der Waals surface area contributed by atoms with E-state index in [-0.39, 0.29) is 12.1 Å². The van der Waals surface area contributed by atoms with E-state index in [1.807, 2.05) is 30.0 Å². The Morgan fingerprint density at radius 2 is 2.22 bits per heavy atom. The Balaban J connectivity index is 1.89. The fraction of sp³-hybridized carbons (Fsp3) is 0.500. The van der Waals surface area contributed by atoms with E-state index in [1.165, 1.54) is 5.56 Å². The second-order valence-electron chi connectivity index (χ2n) is 4.46. The monoisotopic (exact) mass is 248 g/mol. The Morgan fingerprint density at radius 1 is 1.44 bits per heavy atom. The van der Waals surface area contributed by atoms with Gasteiger partial charge < -0.3 is 15.0 Å². The van der Waals surface area contributed by atoms with Gasteiger partial charge in [0.25, 0.3) is 0 Å². The number of urea groups is 1. The van der Waals surface area contributed by atoms with Gasteiger partial charge in [0.2, 0.25) is 0 Å². The summed E-state index contributed by atoms with van der Waals surface area (Å²) in [5.41, 5.74) is 1.25. The Labute approximate surface area is 108 Å². The van der Waals surface area contributed by atoms with Crippen LogP contribution >= 0.6 is 0 Å². The molecule has 1 aromatic rings. The molecule has 0 bridgehead atoms. The molecule has 0 unspecified atom stereocenters. The number of rotatable bonds is 3. The first-order valence-corrected chi connectivity index (χ1v) is 6.48. The highest BCUT2D eigenvalue weighted by Crippen LogP contribution is 2.11. The molecule has 1 N–H and O–H groups in total. The number of hydrogen-bond donors (Lipinski definition) is 1. The van der Waals surface area contributed by atoms with Gasteiger partial charge in [-0.2, -0.15) is 0 Å². The molecule has 1 aliphatic rings. The van der Waals surface area contributed by atoms with Gasteiger partial charge in [-0.3, -0.25) is 0 Å². The number of nitrogens with zero attached hydrogens (tertiary/aromatic N) is 1. The highest BCUT2D eigenvalue weighted by atomic mass is 16.5. The topological polar surface area (TPSA) is 41.6 Å². The lowest BCUT2D eigenvalue weighted by Gasteiger charge is -2.33. The van der Waals surface area contributed by atoms with Crippen molar-refractivity contribution in [2.75, 3.05) is 26.2 Å². The van der Waals surface area contributed by atoms with Crippen LogP contribution < -0.4 is 5.32 Å². The maximum atomic E-state index is 11.8. The molecule has 1 aliphatic heterocycles. The van der Waals surface area contributed by atoms with Gasteiger partial charge in [0.1, 0.15) is 0 Å². The number of ether oxygens (including phenoxy) is 1. The largest absolute Gasteiger partial charge is 0.374 e. The number of morpholine rings is 1. The van der Waals surface area contributed by atoms with E-state index in [1.54, 1.807) is 0 Å². The molecule has 18 heavy (non-hydrogen) atoms. The van der Waals surface area contributed by atoms with Crippen molar-refractivity contribution in [3.05, 3.63) is 35.9 Å². The lowest BCUT2D eigenvalue weighted by molar-refractivity contribution is -0.0132. The zero-order valence-corrected chi connectivity index (χ0v) is 10.8. The van der Waals surface area contributed by atoms with Crippen molar-refractivity contribution in [2.45, 2.75) is 19.4 Å². The summed E-state index contributed by atoms with van der Waals surface area (Å²) in [6.45, 7) is 4.56. The molecule has 1 aromatic carbocycles. The summed E-state index contributed by atoms with van der Waals surface area (Å²) < 4.78 is 5.72. The van der Waals surface area contributed by atoms with Crippen molar-refractivity contribution in [2.24, 2.45) is 0 Å². The van der Waals surface area contributed by atoms with E-state index in [9.17, 15) is 4.79 Å². The average molecular weight is 248 g/mol. The van der Waals surface area contributed by atoms with Crippen LogP contribution in [0.3, 0.4) is 0 Å². The van der Waals surface area contributed by atoms with Gasteiger partial charge in [0.05, 0.1) is 12.7 Å². The van der Waals surface area contributed by atoms with E-state index in [0.717, 1.165) is 6.42 Å². The van der Waals surface area contributed by atoms with Crippen molar-refractivity contribution in [1.82, 2.24) is 10.2 Å². The van der Waals surface area contributed by atoms with Crippen LogP contribution in [-0.4, -0.2) is 43.3 Å². The number of amides is 2. The molecule has 0 radical (unpaired) electrons. The van der Waals surface area contributed by atoms with Crippen LogP contribution in [0.25, 0.3) is 0 Å². The molecule has 1 atom stereocenters. The lowest BCUT2D eigenvalue weighted by atomic mass is 10.1. The molecule has 0 aliphatic carbocycles. The van der Waals surface area contributed by atoms with Gasteiger partial charge in [-0.1, -0.05) is 30.3 Å². The van der Waals surface area contributed by atoms with Gasteiger partial charge in [-0.25, -0.2) is 4.79 Å². The summed E-state index contributed by atoms with van der Waals surface area (Å²) in [6.07, 6.45) is 0.959. The van der Waals surface area contributed by atoms with Crippen LogP contribution in [-0.2, 0) is 11.2 Å². The van der Waals surface area contributed by atoms with Crippen LogP contribution in [0.15, 0.2) is 30.3 Å². The normalized spacial score (nSPS) is 19.6. The Hall–Kier alpha value is -1.55. The third-order valence-electron chi connectivity index (χ3n) is 3.06. The van der Waals surface area contributed by atoms with E-state index >= 15 is 0 Å². The summed E-state index contributed by atoms with van der Waals surface area (Å²) in [7, 11) is 0. The highest BCUT2D eigenvalue weighted by molar-refractivity contribution is 5.74. The van der Waals surface area contributed by atoms with Crippen LogP contribution in [0, 0.1) is 0 Å². The number of carbonyl (C=O) groups excluding carboxylic acids is 1. The molecular weight excluding hydrogens is 228 g/mol.